The molecule has 3 aromatic rings. The lowest BCUT2D eigenvalue weighted by Gasteiger charge is -2.12. The van der Waals surface area contributed by atoms with Gasteiger partial charge in [-0.2, -0.15) is 0 Å². The quantitative estimate of drug-likeness (QED) is 0.548. The number of thioether (sulfide) groups is 1. The van der Waals surface area contributed by atoms with Crippen LogP contribution in [0.4, 0.5) is 10.6 Å². The van der Waals surface area contributed by atoms with E-state index in [-0.39, 0.29) is 46.8 Å². The second-order valence-corrected chi connectivity index (χ2v) is 7.82. The number of carbonyl (C=O) groups excluding carboxylic acids is 2. The zero-order chi connectivity index (χ0) is 21.8. The van der Waals surface area contributed by atoms with Crippen LogP contribution in [0.5, 0.6) is 0 Å². The van der Waals surface area contributed by atoms with Crippen molar-refractivity contribution in [2.24, 2.45) is 0 Å². The Morgan fingerprint density at radius 1 is 1.06 bits per heavy atom. The average Bonchev–Trinajstić information content (AvgIpc) is 3.06. The Kier molecular flexibility index (Phi) is 6.15. The highest BCUT2D eigenvalue weighted by Crippen LogP contribution is 2.32. The second kappa shape index (κ2) is 9.15. The summed E-state index contributed by atoms with van der Waals surface area (Å²) in [5.74, 6) is -0.182. The summed E-state index contributed by atoms with van der Waals surface area (Å²) >= 11 is 0.804. The van der Waals surface area contributed by atoms with Gasteiger partial charge in [0.1, 0.15) is 11.5 Å². The molecule has 1 aromatic carbocycles. The minimum Gasteiger partial charge on any atom is -0.395 e. The number of hydrogen-bond donors (Lipinski definition) is 2. The lowest BCUT2D eigenvalue weighted by Crippen LogP contribution is -2.30. The second-order valence-electron chi connectivity index (χ2n) is 6.83. The zero-order valence-corrected chi connectivity index (χ0v) is 17.3. The first kappa shape index (κ1) is 20.8. The number of aromatic nitrogens is 2. The summed E-state index contributed by atoms with van der Waals surface area (Å²) in [5.41, 5.74) is 1.24. The van der Waals surface area contributed by atoms with E-state index in [9.17, 15) is 14.4 Å². The topological polar surface area (TPSA) is 104 Å². The maximum absolute atomic E-state index is 13.0. The Hall–Kier alpha value is -3.43. The van der Waals surface area contributed by atoms with Gasteiger partial charge >= 0.3 is 0 Å². The maximum Gasteiger partial charge on any atom is 0.293 e. The van der Waals surface area contributed by atoms with E-state index < -0.39 is 5.91 Å². The summed E-state index contributed by atoms with van der Waals surface area (Å²) in [6.07, 6.45) is 3.54. The summed E-state index contributed by atoms with van der Waals surface area (Å²) in [5, 5.41) is 11.7. The molecule has 9 heteroatoms. The molecule has 0 unspecified atom stereocenters. The number of aliphatic hydroxyl groups excluding tert-OH is 1. The molecule has 158 valence electrons. The highest BCUT2D eigenvalue weighted by molar-refractivity contribution is 8.18. The van der Waals surface area contributed by atoms with E-state index in [2.05, 4.69) is 10.3 Å². The molecule has 0 atom stereocenters. The number of amides is 2. The van der Waals surface area contributed by atoms with E-state index in [1.165, 1.54) is 15.4 Å². The molecular weight excluding hydrogens is 416 g/mol. The van der Waals surface area contributed by atoms with Crippen LogP contribution in [0.1, 0.15) is 11.1 Å². The van der Waals surface area contributed by atoms with Crippen LogP contribution in [-0.2, 0) is 11.2 Å². The predicted octanol–water partition coefficient (Wildman–Crippen LogP) is 2.38. The van der Waals surface area contributed by atoms with Crippen molar-refractivity contribution in [1.29, 1.82) is 0 Å². The SMILES string of the molecule is O=C1S/C(=C\c2c(NCCO)nc3ccccn3c2=O)C(=O)N1CCc1ccccc1. The molecule has 8 nitrogen and oxygen atoms in total. The van der Waals surface area contributed by atoms with Gasteiger partial charge in [-0.1, -0.05) is 36.4 Å². The number of benzene rings is 1. The van der Waals surface area contributed by atoms with Gasteiger partial charge in [0.2, 0.25) is 0 Å². The van der Waals surface area contributed by atoms with Gasteiger partial charge in [-0.15, -0.1) is 0 Å². The van der Waals surface area contributed by atoms with E-state index in [0.29, 0.717) is 12.1 Å². The van der Waals surface area contributed by atoms with Crippen LogP contribution in [0, 0.1) is 0 Å². The fourth-order valence-corrected chi connectivity index (χ4v) is 4.10. The lowest BCUT2D eigenvalue weighted by atomic mass is 10.1. The highest BCUT2D eigenvalue weighted by atomic mass is 32.2. The van der Waals surface area contributed by atoms with Crippen LogP contribution in [0.25, 0.3) is 11.7 Å². The predicted molar refractivity (Wildman–Crippen MR) is 120 cm³/mol. The van der Waals surface area contributed by atoms with Crippen molar-refractivity contribution < 1.29 is 14.7 Å². The van der Waals surface area contributed by atoms with E-state index in [4.69, 9.17) is 5.11 Å². The van der Waals surface area contributed by atoms with Gasteiger partial charge in [0.05, 0.1) is 17.1 Å². The van der Waals surface area contributed by atoms with Crippen molar-refractivity contribution in [2.45, 2.75) is 6.42 Å². The smallest absolute Gasteiger partial charge is 0.293 e. The summed E-state index contributed by atoms with van der Waals surface area (Å²) in [4.78, 5) is 44.1. The number of imide groups is 1. The fraction of sp³-hybridized carbons (Fsp3) is 0.182. The number of nitrogens with zero attached hydrogens (tertiary/aromatic N) is 3. The van der Waals surface area contributed by atoms with Crippen LogP contribution >= 0.6 is 11.8 Å². The number of rotatable bonds is 7. The third kappa shape index (κ3) is 4.37. The van der Waals surface area contributed by atoms with Crippen molar-refractivity contribution in [3.8, 4) is 0 Å². The molecule has 0 saturated carbocycles. The molecule has 2 amide bonds. The number of anilines is 1. The third-order valence-electron chi connectivity index (χ3n) is 4.79. The molecule has 2 N–H and O–H groups in total. The first-order chi connectivity index (χ1) is 15.1. The Morgan fingerprint density at radius 2 is 1.84 bits per heavy atom. The molecule has 0 spiro atoms. The monoisotopic (exact) mass is 436 g/mol. The van der Waals surface area contributed by atoms with Gasteiger partial charge in [-0.3, -0.25) is 23.7 Å². The largest absolute Gasteiger partial charge is 0.395 e. The number of carbonyl (C=O) groups is 2. The molecule has 4 rings (SSSR count). The molecule has 0 bridgehead atoms. The van der Waals surface area contributed by atoms with Crippen LogP contribution in [0.2, 0.25) is 0 Å². The van der Waals surface area contributed by atoms with Crippen molar-refractivity contribution >= 4 is 40.4 Å². The summed E-state index contributed by atoms with van der Waals surface area (Å²) in [6.45, 7) is 0.302. The number of hydrogen-bond acceptors (Lipinski definition) is 7. The van der Waals surface area contributed by atoms with Crippen molar-refractivity contribution in [2.75, 3.05) is 25.0 Å². The van der Waals surface area contributed by atoms with Crippen LogP contribution in [0.3, 0.4) is 0 Å². The number of fused-ring (bicyclic) bond motifs is 1. The number of pyridine rings is 1. The van der Waals surface area contributed by atoms with E-state index >= 15 is 0 Å². The number of aliphatic hydroxyl groups is 1. The Bertz CT molecular complexity index is 1220. The van der Waals surface area contributed by atoms with Gasteiger partial charge < -0.3 is 10.4 Å². The van der Waals surface area contributed by atoms with Gasteiger partial charge in [0.25, 0.3) is 16.7 Å². The first-order valence-corrected chi connectivity index (χ1v) is 10.6. The van der Waals surface area contributed by atoms with Gasteiger partial charge in [-0.25, -0.2) is 4.98 Å². The molecule has 1 aliphatic heterocycles. The highest BCUT2D eigenvalue weighted by Gasteiger charge is 2.35. The summed E-state index contributed by atoms with van der Waals surface area (Å²) in [6, 6.07) is 14.8. The minimum absolute atomic E-state index is 0.148. The Morgan fingerprint density at radius 3 is 2.61 bits per heavy atom. The molecule has 0 radical (unpaired) electrons. The molecular formula is C22H20N4O4S. The zero-order valence-electron chi connectivity index (χ0n) is 16.5. The van der Waals surface area contributed by atoms with Crippen molar-refractivity contribution in [3.63, 3.8) is 0 Å². The van der Waals surface area contributed by atoms with Gasteiger partial charge in [-0.05, 0) is 42.0 Å². The standard InChI is InChI=1S/C22H20N4O4S/c27-13-10-23-19-16(20(28)25-11-5-4-8-18(25)24-19)14-17-21(29)26(22(30)31-17)12-9-15-6-2-1-3-7-15/h1-8,11,14,23,27H,9-10,12-13H2/b17-14-. The number of nitrogens with one attached hydrogen (secondary N) is 1. The third-order valence-corrected chi connectivity index (χ3v) is 5.70. The molecule has 1 saturated heterocycles. The first-order valence-electron chi connectivity index (χ1n) is 9.74. The van der Waals surface area contributed by atoms with Crippen molar-refractivity contribution in [3.05, 3.63) is 81.1 Å². The van der Waals surface area contributed by atoms with Crippen LogP contribution in [-0.4, -0.2) is 50.2 Å². The maximum atomic E-state index is 13.0. The van der Waals surface area contributed by atoms with Crippen LogP contribution < -0.4 is 10.9 Å². The van der Waals surface area contributed by atoms with E-state index in [1.807, 2.05) is 30.3 Å². The minimum atomic E-state index is -0.434. The lowest BCUT2D eigenvalue weighted by molar-refractivity contribution is -0.122. The summed E-state index contributed by atoms with van der Waals surface area (Å²) < 4.78 is 1.37. The molecule has 3 heterocycles. The van der Waals surface area contributed by atoms with Gasteiger partial charge in [0, 0.05) is 19.3 Å². The molecule has 1 aliphatic rings. The average molecular weight is 436 g/mol. The normalized spacial score (nSPS) is 15.3. The van der Waals surface area contributed by atoms with Gasteiger partial charge in [0.15, 0.2) is 0 Å². The molecule has 0 aliphatic carbocycles. The van der Waals surface area contributed by atoms with E-state index in [1.54, 1.807) is 24.4 Å². The Labute approximate surface area is 182 Å². The summed E-state index contributed by atoms with van der Waals surface area (Å²) in [7, 11) is 0. The van der Waals surface area contributed by atoms with Crippen molar-refractivity contribution in [1.82, 2.24) is 14.3 Å². The Balaban J connectivity index is 1.66. The fourth-order valence-electron chi connectivity index (χ4n) is 3.25. The molecule has 2 aromatic heterocycles. The van der Waals surface area contributed by atoms with E-state index in [0.717, 1.165) is 17.3 Å². The van der Waals surface area contributed by atoms with Crippen LogP contribution in [0.15, 0.2) is 64.4 Å². The molecule has 1 fully saturated rings. The molecule has 31 heavy (non-hydrogen) atoms.